The van der Waals surface area contributed by atoms with Crippen LogP contribution in [0.4, 0.5) is 5.69 Å². The molecule has 0 saturated carbocycles. The number of benzene rings is 1. The van der Waals surface area contributed by atoms with Crippen molar-refractivity contribution >= 4 is 21.6 Å². The van der Waals surface area contributed by atoms with Gasteiger partial charge in [-0.3, -0.25) is 4.79 Å². The Morgan fingerprint density at radius 1 is 1.27 bits per heavy atom. The third-order valence-corrected chi connectivity index (χ3v) is 6.65. The molecule has 2 heterocycles. The van der Waals surface area contributed by atoms with Crippen molar-refractivity contribution in [1.82, 2.24) is 9.62 Å². The van der Waals surface area contributed by atoms with E-state index >= 15 is 0 Å². The number of nitrogens with one attached hydrogen (secondary N) is 2. The Kier molecular flexibility index (Phi) is 6.32. The number of hydrogen-bond acceptors (Lipinski definition) is 4. The van der Waals surface area contributed by atoms with Crippen molar-refractivity contribution in [3.63, 3.8) is 0 Å². The smallest absolute Gasteiger partial charge is 0.240 e. The maximum Gasteiger partial charge on any atom is 0.240 e. The van der Waals surface area contributed by atoms with Gasteiger partial charge in [0.15, 0.2) is 0 Å². The lowest BCUT2D eigenvalue weighted by Gasteiger charge is -2.30. The van der Waals surface area contributed by atoms with Gasteiger partial charge >= 0.3 is 0 Å². The quantitative estimate of drug-likeness (QED) is 0.744. The summed E-state index contributed by atoms with van der Waals surface area (Å²) in [7, 11) is -3.51. The molecule has 26 heavy (non-hydrogen) atoms. The second-order valence-corrected chi connectivity index (χ2v) is 9.29. The van der Waals surface area contributed by atoms with Crippen LogP contribution in [0.15, 0.2) is 23.1 Å². The summed E-state index contributed by atoms with van der Waals surface area (Å²) >= 11 is 0. The molecule has 1 fully saturated rings. The molecule has 144 valence electrons. The maximum atomic E-state index is 12.6. The van der Waals surface area contributed by atoms with Gasteiger partial charge in [0.1, 0.15) is 0 Å². The van der Waals surface area contributed by atoms with Crippen LogP contribution in [0.3, 0.4) is 0 Å². The number of piperidine rings is 1. The molecule has 1 unspecified atom stereocenters. The lowest BCUT2D eigenvalue weighted by Crippen LogP contribution is -2.36. The van der Waals surface area contributed by atoms with Gasteiger partial charge in [-0.25, -0.2) is 13.1 Å². The highest BCUT2D eigenvalue weighted by molar-refractivity contribution is 7.89. The van der Waals surface area contributed by atoms with Crippen LogP contribution in [0, 0.1) is 5.92 Å². The zero-order valence-corrected chi connectivity index (χ0v) is 16.3. The van der Waals surface area contributed by atoms with Gasteiger partial charge in [-0.05, 0) is 74.9 Å². The molecule has 6 nitrogen and oxygen atoms in total. The van der Waals surface area contributed by atoms with Crippen LogP contribution in [0.5, 0.6) is 0 Å². The van der Waals surface area contributed by atoms with E-state index in [1.165, 1.54) is 12.8 Å². The van der Waals surface area contributed by atoms with E-state index in [1.54, 1.807) is 18.2 Å². The van der Waals surface area contributed by atoms with Crippen molar-refractivity contribution in [1.29, 1.82) is 0 Å². The van der Waals surface area contributed by atoms with Gasteiger partial charge in [0, 0.05) is 25.2 Å². The molecule has 2 aliphatic rings. The molecule has 1 atom stereocenters. The molecular formula is C19H29N3O3S. The Balaban J connectivity index is 1.55. The van der Waals surface area contributed by atoms with E-state index in [2.05, 4.69) is 21.9 Å². The Bertz CT molecular complexity index is 748. The Morgan fingerprint density at radius 2 is 2.12 bits per heavy atom. The van der Waals surface area contributed by atoms with Crippen molar-refractivity contribution in [2.24, 2.45) is 5.92 Å². The molecule has 1 amide bonds. The number of anilines is 1. The van der Waals surface area contributed by atoms with Crippen molar-refractivity contribution in [3.05, 3.63) is 23.8 Å². The highest BCUT2D eigenvalue weighted by atomic mass is 32.2. The summed E-state index contributed by atoms with van der Waals surface area (Å²) in [5.74, 6) is 0.727. The van der Waals surface area contributed by atoms with Crippen LogP contribution >= 0.6 is 0 Å². The first-order valence-electron chi connectivity index (χ1n) is 9.59. The number of hydrogen-bond donors (Lipinski definition) is 2. The number of carbonyl (C=O) groups is 1. The van der Waals surface area contributed by atoms with Crippen LogP contribution in [0.25, 0.3) is 0 Å². The summed E-state index contributed by atoms with van der Waals surface area (Å²) in [6, 6.07) is 4.96. The van der Waals surface area contributed by atoms with E-state index in [9.17, 15) is 13.2 Å². The second kappa shape index (κ2) is 8.50. The fourth-order valence-corrected chi connectivity index (χ4v) is 4.92. The third kappa shape index (κ3) is 5.05. The predicted molar refractivity (Wildman–Crippen MR) is 103 cm³/mol. The molecule has 1 aromatic rings. The summed E-state index contributed by atoms with van der Waals surface area (Å²) in [6.07, 6.45) is 5.27. The zero-order valence-electron chi connectivity index (χ0n) is 15.5. The number of amides is 1. The summed E-state index contributed by atoms with van der Waals surface area (Å²) in [6.45, 7) is 5.89. The molecule has 3 rings (SSSR count). The zero-order chi connectivity index (χ0) is 18.6. The second-order valence-electron chi connectivity index (χ2n) is 7.52. The Labute approximate surface area is 156 Å². The normalized spacial score (nSPS) is 21.7. The van der Waals surface area contributed by atoms with Gasteiger partial charge in [0.05, 0.1) is 4.90 Å². The van der Waals surface area contributed by atoms with Crippen molar-refractivity contribution in [2.45, 2.75) is 50.3 Å². The minimum atomic E-state index is -3.51. The fourth-order valence-electron chi connectivity index (χ4n) is 3.80. The monoisotopic (exact) mass is 379 g/mol. The molecule has 0 spiro atoms. The largest absolute Gasteiger partial charge is 0.326 e. The predicted octanol–water partition coefficient (Wildman–Crippen LogP) is 2.36. The Hall–Kier alpha value is -1.44. The van der Waals surface area contributed by atoms with Crippen LogP contribution in [-0.2, 0) is 21.2 Å². The van der Waals surface area contributed by atoms with Crippen molar-refractivity contribution in [2.75, 3.05) is 31.5 Å². The molecule has 1 saturated heterocycles. The highest BCUT2D eigenvalue weighted by Gasteiger charge is 2.19. The standard InChI is InChI=1S/C19H29N3O3S/c1-15-5-3-11-22(14-15)12-4-10-20-26(24,25)17-8-9-18-16(13-17)6-2-7-19(23)21-18/h8-9,13,15,20H,2-7,10-12,14H2,1H3,(H,21,23). The van der Waals surface area contributed by atoms with E-state index in [4.69, 9.17) is 0 Å². The average Bonchev–Trinajstić information content (AvgIpc) is 2.78. The van der Waals surface area contributed by atoms with Crippen molar-refractivity contribution in [3.8, 4) is 0 Å². The lowest BCUT2D eigenvalue weighted by atomic mass is 10.0. The maximum absolute atomic E-state index is 12.6. The van der Waals surface area contributed by atoms with Crippen LogP contribution in [0.2, 0.25) is 0 Å². The van der Waals surface area contributed by atoms with E-state index in [1.807, 2.05) is 0 Å². The molecule has 2 N–H and O–H groups in total. The first-order valence-corrected chi connectivity index (χ1v) is 11.1. The number of aryl methyl sites for hydroxylation is 1. The SMILES string of the molecule is CC1CCCN(CCCNS(=O)(=O)c2ccc3c(c2)CCCC(=O)N3)C1. The van der Waals surface area contributed by atoms with Gasteiger partial charge in [0.25, 0.3) is 0 Å². The molecule has 0 aromatic heterocycles. The van der Waals surface area contributed by atoms with E-state index in [0.29, 0.717) is 19.4 Å². The Morgan fingerprint density at radius 3 is 2.92 bits per heavy atom. The molecule has 0 aliphatic carbocycles. The number of fused-ring (bicyclic) bond motifs is 1. The van der Waals surface area contributed by atoms with Gasteiger partial charge in [0.2, 0.25) is 15.9 Å². The molecule has 0 radical (unpaired) electrons. The number of nitrogens with zero attached hydrogens (tertiary/aromatic N) is 1. The molecular weight excluding hydrogens is 350 g/mol. The van der Waals surface area contributed by atoms with Crippen LogP contribution in [-0.4, -0.2) is 45.4 Å². The topological polar surface area (TPSA) is 78.5 Å². The van der Waals surface area contributed by atoms with Gasteiger partial charge < -0.3 is 10.2 Å². The van der Waals surface area contributed by atoms with E-state index in [0.717, 1.165) is 49.6 Å². The molecule has 1 aromatic carbocycles. The molecule has 2 aliphatic heterocycles. The van der Waals surface area contributed by atoms with E-state index in [-0.39, 0.29) is 10.8 Å². The molecule has 0 bridgehead atoms. The third-order valence-electron chi connectivity index (χ3n) is 5.20. The molecule has 7 heteroatoms. The fraction of sp³-hybridized carbons (Fsp3) is 0.632. The summed E-state index contributed by atoms with van der Waals surface area (Å²) in [5.41, 5.74) is 1.62. The minimum absolute atomic E-state index is 0.00971. The van der Waals surface area contributed by atoms with Gasteiger partial charge in [-0.1, -0.05) is 6.92 Å². The minimum Gasteiger partial charge on any atom is -0.326 e. The summed E-state index contributed by atoms with van der Waals surface area (Å²) < 4.78 is 27.8. The van der Waals surface area contributed by atoms with Crippen LogP contribution in [0.1, 0.15) is 44.6 Å². The summed E-state index contributed by atoms with van der Waals surface area (Å²) in [5, 5.41) is 2.83. The lowest BCUT2D eigenvalue weighted by molar-refractivity contribution is -0.116. The first-order chi connectivity index (χ1) is 12.4. The number of rotatable bonds is 6. The van der Waals surface area contributed by atoms with Crippen LogP contribution < -0.4 is 10.0 Å². The first kappa shape index (κ1) is 19.3. The van der Waals surface area contributed by atoms with E-state index < -0.39 is 10.0 Å². The number of likely N-dealkylation sites (tertiary alicyclic amines) is 1. The van der Waals surface area contributed by atoms with Gasteiger partial charge in [-0.2, -0.15) is 0 Å². The van der Waals surface area contributed by atoms with Crippen molar-refractivity contribution < 1.29 is 13.2 Å². The van der Waals surface area contributed by atoms with Gasteiger partial charge in [-0.15, -0.1) is 0 Å². The number of carbonyl (C=O) groups excluding carboxylic acids is 1. The average molecular weight is 380 g/mol. The highest BCUT2D eigenvalue weighted by Crippen LogP contribution is 2.25. The number of sulfonamides is 1. The summed E-state index contributed by atoms with van der Waals surface area (Å²) in [4.78, 5) is 14.3.